The minimum atomic E-state index is 0.386. The van der Waals surface area contributed by atoms with Crippen LogP contribution in [-0.4, -0.2) is 35.0 Å². The number of hydrogen-bond donors (Lipinski definition) is 1. The number of nitrogens with zero attached hydrogens (tertiary/aromatic N) is 3. The molecule has 1 saturated heterocycles. The van der Waals surface area contributed by atoms with Gasteiger partial charge >= 0.3 is 0 Å². The molecule has 4 nitrogen and oxygen atoms in total. The summed E-state index contributed by atoms with van der Waals surface area (Å²) in [5, 5.41) is 3.28. The van der Waals surface area contributed by atoms with E-state index < -0.39 is 0 Å². The minimum absolute atomic E-state index is 0.386. The zero-order valence-corrected chi connectivity index (χ0v) is 18.3. The van der Waals surface area contributed by atoms with Gasteiger partial charge in [0.25, 0.3) is 0 Å². The predicted octanol–water partition coefficient (Wildman–Crippen LogP) is 4.98. The highest BCUT2D eigenvalue weighted by Gasteiger charge is 2.34. The van der Waals surface area contributed by atoms with Gasteiger partial charge in [-0.15, -0.1) is 0 Å². The van der Waals surface area contributed by atoms with Crippen LogP contribution in [0.4, 0.5) is 0 Å². The average Bonchev–Trinajstić information content (AvgIpc) is 2.66. The highest BCUT2D eigenvalue weighted by Crippen LogP contribution is 2.42. The molecular formula is C24H36N4. The number of rotatable bonds is 7. The molecule has 2 aromatic heterocycles. The van der Waals surface area contributed by atoms with Crippen LogP contribution in [0.15, 0.2) is 24.5 Å². The van der Waals surface area contributed by atoms with E-state index in [9.17, 15) is 0 Å². The van der Waals surface area contributed by atoms with Crippen molar-refractivity contribution in [3.63, 3.8) is 0 Å². The first kappa shape index (κ1) is 20.9. The zero-order valence-electron chi connectivity index (χ0n) is 18.3. The molecule has 3 heterocycles. The number of piperidine rings is 1. The molecular weight excluding hydrogens is 344 g/mol. The first-order valence-corrected chi connectivity index (χ1v) is 10.8. The molecule has 1 N–H and O–H groups in total. The molecule has 0 spiro atoms. The van der Waals surface area contributed by atoms with E-state index >= 15 is 0 Å². The molecule has 3 rings (SSSR count). The fourth-order valence-electron chi connectivity index (χ4n) is 4.70. The van der Waals surface area contributed by atoms with Gasteiger partial charge < -0.3 is 5.32 Å². The van der Waals surface area contributed by atoms with Gasteiger partial charge in [-0.1, -0.05) is 12.1 Å². The lowest BCUT2D eigenvalue weighted by molar-refractivity contribution is 0.0743. The molecule has 2 aromatic rings. The quantitative estimate of drug-likeness (QED) is 0.688. The third kappa shape index (κ3) is 4.79. The van der Waals surface area contributed by atoms with Gasteiger partial charge in [0.15, 0.2) is 0 Å². The van der Waals surface area contributed by atoms with Crippen LogP contribution < -0.4 is 5.32 Å². The van der Waals surface area contributed by atoms with Crippen molar-refractivity contribution in [2.75, 3.05) is 20.1 Å². The van der Waals surface area contributed by atoms with Gasteiger partial charge in [0, 0.05) is 12.4 Å². The van der Waals surface area contributed by atoms with Crippen LogP contribution in [0.25, 0.3) is 0 Å². The van der Waals surface area contributed by atoms with E-state index in [1.165, 1.54) is 65.7 Å². The van der Waals surface area contributed by atoms with Crippen molar-refractivity contribution in [3.05, 3.63) is 58.2 Å². The van der Waals surface area contributed by atoms with Crippen molar-refractivity contribution < 1.29 is 0 Å². The molecule has 1 fully saturated rings. The summed E-state index contributed by atoms with van der Waals surface area (Å²) in [5.74, 6) is 0. The van der Waals surface area contributed by atoms with Crippen LogP contribution in [0, 0.1) is 27.7 Å². The van der Waals surface area contributed by atoms with Crippen LogP contribution in [0.1, 0.15) is 77.8 Å². The van der Waals surface area contributed by atoms with E-state index in [4.69, 9.17) is 9.97 Å². The molecule has 1 aliphatic rings. The summed E-state index contributed by atoms with van der Waals surface area (Å²) in [6, 6.07) is 5.33. The molecule has 4 heteroatoms. The van der Waals surface area contributed by atoms with E-state index in [1.807, 2.05) is 19.4 Å². The Kier molecular flexibility index (Phi) is 7.19. The Morgan fingerprint density at radius 3 is 1.89 bits per heavy atom. The molecule has 0 bridgehead atoms. The number of hydrogen-bond acceptors (Lipinski definition) is 4. The molecule has 2 atom stereocenters. The molecule has 0 saturated carbocycles. The molecule has 152 valence electrons. The maximum absolute atomic E-state index is 4.89. The van der Waals surface area contributed by atoms with Crippen LogP contribution in [0.3, 0.4) is 0 Å². The Labute approximate surface area is 170 Å². The summed E-state index contributed by atoms with van der Waals surface area (Å²) in [5.41, 5.74) is 7.64. The van der Waals surface area contributed by atoms with Crippen molar-refractivity contribution in [2.24, 2.45) is 0 Å². The minimum Gasteiger partial charge on any atom is -0.320 e. The number of aromatic nitrogens is 2. The smallest absolute Gasteiger partial charge is 0.0604 e. The van der Waals surface area contributed by atoms with Gasteiger partial charge in [0.1, 0.15) is 0 Å². The molecule has 28 heavy (non-hydrogen) atoms. The molecule has 0 aromatic carbocycles. The van der Waals surface area contributed by atoms with Crippen molar-refractivity contribution in [1.29, 1.82) is 0 Å². The summed E-state index contributed by atoms with van der Waals surface area (Å²) >= 11 is 0. The molecule has 2 unspecified atom stereocenters. The fourth-order valence-corrected chi connectivity index (χ4v) is 4.70. The normalized spacial score (nSPS) is 20.5. The first-order chi connectivity index (χ1) is 13.5. The van der Waals surface area contributed by atoms with Crippen molar-refractivity contribution in [1.82, 2.24) is 20.2 Å². The van der Waals surface area contributed by atoms with Gasteiger partial charge in [0.2, 0.25) is 0 Å². The van der Waals surface area contributed by atoms with Gasteiger partial charge in [0.05, 0.1) is 23.5 Å². The second-order valence-electron chi connectivity index (χ2n) is 8.44. The van der Waals surface area contributed by atoms with E-state index in [-0.39, 0.29) is 0 Å². The second kappa shape index (κ2) is 9.62. The highest BCUT2D eigenvalue weighted by molar-refractivity contribution is 5.29. The van der Waals surface area contributed by atoms with Gasteiger partial charge in [-0.2, -0.15) is 0 Å². The Balaban J connectivity index is 1.93. The first-order valence-electron chi connectivity index (χ1n) is 10.8. The number of pyridine rings is 2. The fraction of sp³-hybridized carbons (Fsp3) is 0.583. The summed E-state index contributed by atoms with van der Waals surface area (Å²) in [7, 11) is 2.03. The predicted molar refractivity (Wildman–Crippen MR) is 117 cm³/mol. The van der Waals surface area contributed by atoms with Crippen LogP contribution in [-0.2, 0) is 0 Å². The lowest BCUT2D eigenvalue weighted by Crippen LogP contribution is -2.38. The highest BCUT2D eigenvalue weighted by atomic mass is 15.2. The Morgan fingerprint density at radius 2 is 1.43 bits per heavy atom. The molecule has 0 radical (unpaired) electrons. The van der Waals surface area contributed by atoms with Crippen LogP contribution in [0.2, 0.25) is 0 Å². The standard InChI is InChI=1S/C24H36N4/c1-17-13-19(3)23(26-15-17)21-9-8-10-22(28(21)12-7-6-11-25-5)24-20(4)14-18(2)16-27-24/h13-16,21-22,25H,6-12H2,1-5H3. The van der Waals surface area contributed by atoms with Gasteiger partial charge in [-0.3, -0.25) is 14.9 Å². The Hall–Kier alpha value is -1.78. The third-order valence-corrected chi connectivity index (χ3v) is 5.99. The van der Waals surface area contributed by atoms with Crippen LogP contribution in [0.5, 0.6) is 0 Å². The maximum atomic E-state index is 4.89. The lowest BCUT2D eigenvalue weighted by Gasteiger charge is -2.42. The zero-order chi connectivity index (χ0) is 20.1. The lowest BCUT2D eigenvalue weighted by atomic mass is 9.88. The number of nitrogens with one attached hydrogen (secondary N) is 1. The second-order valence-corrected chi connectivity index (χ2v) is 8.44. The molecule has 1 aliphatic heterocycles. The van der Waals surface area contributed by atoms with Crippen molar-refractivity contribution in [2.45, 2.75) is 71.9 Å². The van der Waals surface area contributed by atoms with E-state index in [1.54, 1.807) is 0 Å². The number of unbranched alkanes of at least 4 members (excludes halogenated alkanes) is 1. The SMILES string of the molecule is CNCCCCN1C(c2ncc(C)cc2C)CCCC1c1ncc(C)cc1C. The van der Waals surface area contributed by atoms with E-state index in [0.29, 0.717) is 12.1 Å². The van der Waals surface area contributed by atoms with Gasteiger partial charge in [-0.05, 0) is 102 Å². The number of aryl methyl sites for hydroxylation is 4. The third-order valence-electron chi connectivity index (χ3n) is 5.99. The Bertz CT molecular complexity index is 727. The van der Waals surface area contributed by atoms with Crippen molar-refractivity contribution >= 4 is 0 Å². The van der Waals surface area contributed by atoms with Gasteiger partial charge in [-0.25, -0.2) is 0 Å². The van der Waals surface area contributed by atoms with E-state index in [0.717, 1.165) is 13.1 Å². The molecule has 0 aliphatic carbocycles. The van der Waals surface area contributed by atoms with E-state index in [2.05, 4.69) is 50.0 Å². The monoisotopic (exact) mass is 380 g/mol. The summed E-state index contributed by atoms with van der Waals surface area (Å²) in [4.78, 5) is 12.5. The summed E-state index contributed by atoms with van der Waals surface area (Å²) < 4.78 is 0. The largest absolute Gasteiger partial charge is 0.320 e. The topological polar surface area (TPSA) is 41.0 Å². The Morgan fingerprint density at radius 1 is 0.893 bits per heavy atom. The maximum Gasteiger partial charge on any atom is 0.0604 e. The van der Waals surface area contributed by atoms with Crippen LogP contribution >= 0.6 is 0 Å². The summed E-state index contributed by atoms with van der Waals surface area (Å²) in [6.45, 7) is 10.9. The number of likely N-dealkylation sites (tertiary alicyclic amines) is 1. The molecule has 0 amide bonds. The van der Waals surface area contributed by atoms with Crippen molar-refractivity contribution in [3.8, 4) is 0 Å². The average molecular weight is 381 g/mol. The summed E-state index contributed by atoms with van der Waals surface area (Å²) in [6.07, 6.45) is 10.1.